The third kappa shape index (κ3) is 7.01. The SMILES string of the molecule is CCOc1ccccc1CCCNC(=O)C1CCCN(Cc2nc(-c3ccc(OC)c(OC)c3)no2)C1. The number of para-hydroxylation sites is 1. The molecule has 1 saturated heterocycles. The number of carbonyl (C=O) groups excluding carboxylic acids is 1. The highest BCUT2D eigenvalue weighted by atomic mass is 16.5. The van der Waals surface area contributed by atoms with Gasteiger partial charge >= 0.3 is 0 Å². The number of hydrogen-bond acceptors (Lipinski definition) is 8. The first kappa shape index (κ1) is 26.5. The third-order valence-corrected chi connectivity index (χ3v) is 6.54. The van der Waals surface area contributed by atoms with Gasteiger partial charge in [-0.3, -0.25) is 9.69 Å². The standard InChI is InChI=1S/C28H36N4O5/c1-4-36-23-12-6-5-9-20(23)10-7-15-29-28(33)22-11-8-16-32(18-22)19-26-30-27(31-37-26)21-13-14-24(34-2)25(17-21)35-3/h5-6,9,12-14,17,22H,4,7-8,10-11,15-16,18-19H2,1-3H3,(H,29,33). The first-order chi connectivity index (χ1) is 18.1. The molecular weight excluding hydrogens is 472 g/mol. The maximum Gasteiger partial charge on any atom is 0.241 e. The Balaban J connectivity index is 1.26. The molecule has 1 aromatic heterocycles. The summed E-state index contributed by atoms with van der Waals surface area (Å²) >= 11 is 0. The summed E-state index contributed by atoms with van der Waals surface area (Å²) in [6.07, 6.45) is 3.58. The normalized spacial score (nSPS) is 15.8. The second-order valence-electron chi connectivity index (χ2n) is 9.09. The van der Waals surface area contributed by atoms with Crippen molar-refractivity contribution < 1.29 is 23.5 Å². The van der Waals surface area contributed by atoms with Crippen molar-refractivity contribution in [2.75, 3.05) is 40.5 Å². The van der Waals surface area contributed by atoms with Crippen LogP contribution in [0, 0.1) is 5.92 Å². The minimum Gasteiger partial charge on any atom is -0.494 e. The quantitative estimate of drug-likeness (QED) is 0.365. The molecule has 1 unspecified atom stereocenters. The second kappa shape index (κ2) is 13.1. The average Bonchev–Trinajstić information content (AvgIpc) is 3.40. The number of aromatic nitrogens is 2. The fraction of sp³-hybridized carbons (Fsp3) is 0.464. The highest BCUT2D eigenvalue weighted by Gasteiger charge is 2.27. The Morgan fingerprint density at radius 2 is 1.97 bits per heavy atom. The predicted octanol–water partition coefficient (Wildman–Crippen LogP) is 4.11. The van der Waals surface area contributed by atoms with E-state index in [0.29, 0.717) is 49.5 Å². The number of likely N-dealkylation sites (tertiary alicyclic amines) is 1. The van der Waals surface area contributed by atoms with Crippen molar-refractivity contribution in [2.24, 2.45) is 5.92 Å². The van der Waals surface area contributed by atoms with E-state index in [-0.39, 0.29) is 11.8 Å². The molecular formula is C28H36N4O5. The summed E-state index contributed by atoms with van der Waals surface area (Å²) in [6, 6.07) is 13.6. The van der Waals surface area contributed by atoms with Gasteiger partial charge in [0.2, 0.25) is 17.6 Å². The third-order valence-electron chi connectivity index (χ3n) is 6.54. The van der Waals surface area contributed by atoms with Crippen LogP contribution in [-0.2, 0) is 17.8 Å². The van der Waals surface area contributed by atoms with Crippen molar-refractivity contribution in [3.8, 4) is 28.6 Å². The lowest BCUT2D eigenvalue weighted by Crippen LogP contribution is -2.43. The van der Waals surface area contributed by atoms with Crippen molar-refractivity contribution in [1.29, 1.82) is 0 Å². The Bertz CT molecular complexity index is 1160. The Labute approximate surface area is 218 Å². The fourth-order valence-electron chi connectivity index (χ4n) is 4.66. The van der Waals surface area contributed by atoms with Gasteiger partial charge in [0.15, 0.2) is 11.5 Å². The van der Waals surface area contributed by atoms with Crippen LogP contribution < -0.4 is 19.5 Å². The Morgan fingerprint density at radius 3 is 2.78 bits per heavy atom. The molecule has 1 fully saturated rings. The molecule has 198 valence electrons. The van der Waals surface area contributed by atoms with Gasteiger partial charge in [-0.2, -0.15) is 4.98 Å². The maximum absolute atomic E-state index is 12.8. The molecule has 37 heavy (non-hydrogen) atoms. The summed E-state index contributed by atoms with van der Waals surface area (Å²) in [7, 11) is 3.19. The van der Waals surface area contributed by atoms with Crippen molar-refractivity contribution >= 4 is 5.91 Å². The minimum absolute atomic E-state index is 0.0438. The molecule has 0 spiro atoms. The summed E-state index contributed by atoms with van der Waals surface area (Å²) in [5, 5.41) is 7.26. The van der Waals surface area contributed by atoms with Gasteiger partial charge in [-0.15, -0.1) is 0 Å². The number of carbonyl (C=O) groups is 1. The highest BCUT2D eigenvalue weighted by Crippen LogP contribution is 2.31. The molecule has 1 atom stereocenters. The lowest BCUT2D eigenvalue weighted by Gasteiger charge is -2.30. The number of amides is 1. The van der Waals surface area contributed by atoms with Crippen molar-refractivity contribution in [2.45, 2.75) is 39.2 Å². The number of aryl methyl sites for hydroxylation is 1. The summed E-state index contributed by atoms with van der Waals surface area (Å²) in [5.74, 6) is 3.26. The number of ether oxygens (including phenoxy) is 3. The summed E-state index contributed by atoms with van der Waals surface area (Å²) in [6.45, 7) is 5.36. The molecule has 1 amide bonds. The zero-order chi connectivity index (χ0) is 26.0. The van der Waals surface area contributed by atoms with E-state index in [0.717, 1.165) is 43.5 Å². The van der Waals surface area contributed by atoms with E-state index in [1.807, 2.05) is 43.3 Å². The van der Waals surface area contributed by atoms with Crippen molar-refractivity contribution in [1.82, 2.24) is 20.4 Å². The number of piperidine rings is 1. The molecule has 1 N–H and O–H groups in total. The highest BCUT2D eigenvalue weighted by molar-refractivity contribution is 5.78. The van der Waals surface area contributed by atoms with E-state index < -0.39 is 0 Å². The van der Waals surface area contributed by atoms with Crippen LogP contribution in [0.25, 0.3) is 11.4 Å². The van der Waals surface area contributed by atoms with Crippen LogP contribution in [0.3, 0.4) is 0 Å². The van der Waals surface area contributed by atoms with Gasteiger partial charge in [-0.25, -0.2) is 0 Å². The molecule has 0 radical (unpaired) electrons. The Hall–Kier alpha value is -3.59. The second-order valence-corrected chi connectivity index (χ2v) is 9.09. The summed E-state index contributed by atoms with van der Waals surface area (Å²) < 4.78 is 21.9. The summed E-state index contributed by atoms with van der Waals surface area (Å²) in [4.78, 5) is 19.6. The first-order valence-electron chi connectivity index (χ1n) is 12.9. The molecule has 9 nitrogen and oxygen atoms in total. The predicted molar refractivity (Wildman–Crippen MR) is 140 cm³/mol. The number of hydrogen-bond donors (Lipinski definition) is 1. The van der Waals surface area contributed by atoms with Crippen LogP contribution in [0.4, 0.5) is 0 Å². The van der Waals surface area contributed by atoms with Crippen LogP contribution in [0.15, 0.2) is 47.0 Å². The van der Waals surface area contributed by atoms with E-state index in [1.165, 1.54) is 5.56 Å². The Morgan fingerprint density at radius 1 is 1.14 bits per heavy atom. The van der Waals surface area contributed by atoms with Crippen LogP contribution in [0.1, 0.15) is 37.6 Å². The maximum atomic E-state index is 12.8. The van der Waals surface area contributed by atoms with E-state index in [9.17, 15) is 4.79 Å². The van der Waals surface area contributed by atoms with Crippen molar-refractivity contribution in [3.05, 3.63) is 53.9 Å². The molecule has 2 heterocycles. The summed E-state index contributed by atoms with van der Waals surface area (Å²) in [5.41, 5.74) is 1.96. The molecule has 4 rings (SSSR count). The number of methoxy groups -OCH3 is 2. The van der Waals surface area contributed by atoms with Crippen LogP contribution in [0.5, 0.6) is 17.2 Å². The van der Waals surface area contributed by atoms with E-state index in [4.69, 9.17) is 18.7 Å². The van der Waals surface area contributed by atoms with Crippen LogP contribution in [-0.4, -0.2) is 61.4 Å². The number of nitrogens with one attached hydrogen (secondary N) is 1. The number of nitrogens with zero attached hydrogens (tertiary/aromatic N) is 3. The van der Waals surface area contributed by atoms with Crippen LogP contribution in [0.2, 0.25) is 0 Å². The van der Waals surface area contributed by atoms with Gasteiger partial charge in [-0.1, -0.05) is 23.4 Å². The average molecular weight is 509 g/mol. The topological polar surface area (TPSA) is 99.0 Å². The number of rotatable bonds is 12. The first-order valence-corrected chi connectivity index (χ1v) is 12.9. The largest absolute Gasteiger partial charge is 0.494 e. The zero-order valence-corrected chi connectivity index (χ0v) is 21.9. The van der Waals surface area contributed by atoms with Gasteiger partial charge in [0, 0.05) is 18.7 Å². The molecule has 1 aliphatic heterocycles. The van der Waals surface area contributed by atoms with Gasteiger partial charge in [0.05, 0.1) is 33.3 Å². The van der Waals surface area contributed by atoms with Crippen molar-refractivity contribution in [3.63, 3.8) is 0 Å². The van der Waals surface area contributed by atoms with Gasteiger partial charge in [0.25, 0.3) is 0 Å². The molecule has 3 aromatic rings. The van der Waals surface area contributed by atoms with E-state index in [2.05, 4.69) is 26.4 Å². The molecule has 0 aliphatic carbocycles. The van der Waals surface area contributed by atoms with Gasteiger partial charge < -0.3 is 24.1 Å². The molecule has 9 heteroatoms. The van der Waals surface area contributed by atoms with E-state index >= 15 is 0 Å². The van der Waals surface area contributed by atoms with Crippen LogP contribution >= 0.6 is 0 Å². The lowest BCUT2D eigenvalue weighted by atomic mass is 9.97. The van der Waals surface area contributed by atoms with Gasteiger partial charge in [-0.05, 0) is 69.0 Å². The molecule has 0 bridgehead atoms. The van der Waals surface area contributed by atoms with E-state index in [1.54, 1.807) is 14.2 Å². The Kier molecular flexibility index (Phi) is 9.37. The number of benzene rings is 2. The monoisotopic (exact) mass is 508 g/mol. The molecule has 0 saturated carbocycles. The molecule has 1 aliphatic rings. The smallest absolute Gasteiger partial charge is 0.241 e. The zero-order valence-electron chi connectivity index (χ0n) is 21.9. The van der Waals surface area contributed by atoms with Gasteiger partial charge in [0.1, 0.15) is 5.75 Å². The minimum atomic E-state index is -0.0438. The fourth-order valence-corrected chi connectivity index (χ4v) is 4.66. The lowest BCUT2D eigenvalue weighted by molar-refractivity contribution is -0.126. The molecule has 2 aromatic carbocycles.